The van der Waals surface area contributed by atoms with Gasteiger partial charge in [-0.3, -0.25) is 0 Å². The van der Waals surface area contributed by atoms with Gasteiger partial charge in [0.05, 0.1) is 5.41 Å². The molecule has 1 aromatic carbocycles. The average Bonchev–Trinajstić information content (AvgIpc) is 3.01. The van der Waals surface area contributed by atoms with Crippen molar-refractivity contribution in [2.24, 2.45) is 0 Å². The van der Waals surface area contributed by atoms with E-state index >= 15 is 0 Å². The van der Waals surface area contributed by atoms with Gasteiger partial charge in [-0.1, -0.05) is 123 Å². The molecule has 2 rings (SSSR count). The Hall–Kier alpha value is -3.38. The van der Waals surface area contributed by atoms with Gasteiger partial charge >= 0.3 is 0 Å². The van der Waals surface area contributed by atoms with Gasteiger partial charge in [-0.05, 0) is 47.3 Å². The summed E-state index contributed by atoms with van der Waals surface area (Å²) in [7, 11) is 0. The Morgan fingerprint density at radius 2 is 1.66 bits per heavy atom. The predicted molar refractivity (Wildman–Crippen MR) is 130 cm³/mol. The first-order valence-corrected chi connectivity index (χ1v) is 9.85. The molecule has 1 unspecified atom stereocenters. The Labute approximate surface area is 176 Å². The summed E-state index contributed by atoms with van der Waals surface area (Å²) in [4.78, 5) is 0. The average molecular weight is 379 g/mol. The Morgan fingerprint density at radius 1 is 0.931 bits per heavy atom. The third-order valence-corrected chi connectivity index (χ3v) is 5.14. The summed E-state index contributed by atoms with van der Waals surface area (Å²) in [5.41, 5.74) is 6.41. The molecular weight excluding hydrogens is 348 g/mol. The standard InChI is InChI=1S/C29H30/c1-7-13-20-23(17-8-2)29(24-21-15-14-16-22-24)27(12-6)26(18-9-3)25(11-5)28(29)19-10-4/h7-22H,1-2,4,6H2,3,5H3/b18-9-,20-13-,23-17+,25-11-,28-19+. The lowest BCUT2D eigenvalue weighted by Gasteiger charge is -2.36. The normalized spacial score (nSPS) is 22.8. The molecule has 0 fully saturated rings. The van der Waals surface area contributed by atoms with Crippen molar-refractivity contribution < 1.29 is 0 Å². The molecular formula is C29H30. The van der Waals surface area contributed by atoms with Crippen LogP contribution in [0.3, 0.4) is 0 Å². The Morgan fingerprint density at radius 3 is 2.17 bits per heavy atom. The van der Waals surface area contributed by atoms with Crippen LogP contribution in [0, 0.1) is 0 Å². The van der Waals surface area contributed by atoms with Crippen molar-refractivity contribution in [2.45, 2.75) is 19.3 Å². The molecule has 0 aliphatic heterocycles. The first-order chi connectivity index (χ1) is 14.2. The molecule has 0 saturated carbocycles. The van der Waals surface area contributed by atoms with E-state index in [1.165, 1.54) is 22.3 Å². The quantitative estimate of drug-likeness (QED) is 0.403. The van der Waals surface area contributed by atoms with Crippen molar-refractivity contribution >= 4 is 0 Å². The highest BCUT2D eigenvalue weighted by atomic mass is 14.5. The smallest absolute Gasteiger partial charge is 0.0713 e. The van der Waals surface area contributed by atoms with Gasteiger partial charge in [0.25, 0.3) is 0 Å². The SMILES string of the molecule is C=C/C=C\C(=C/C=C)C1(c2ccccc2)C(C=C)=C(/C=C\C)C(=C/C)/C1=C\C=C. The minimum absolute atomic E-state index is 0.526. The van der Waals surface area contributed by atoms with Crippen molar-refractivity contribution in [2.75, 3.05) is 0 Å². The van der Waals surface area contributed by atoms with Crippen LogP contribution in [0.1, 0.15) is 19.4 Å². The second kappa shape index (κ2) is 10.2. The van der Waals surface area contributed by atoms with Crippen molar-refractivity contribution in [1.29, 1.82) is 0 Å². The molecule has 0 bridgehead atoms. The lowest BCUT2D eigenvalue weighted by atomic mass is 9.65. The maximum atomic E-state index is 4.21. The second-order valence-electron chi connectivity index (χ2n) is 6.62. The van der Waals surface area contributed by atoms with E-state index < -0.39 is 5.41 Å². The zero-order valence-electron chi connectivity index (χ0n) is 17.6. The van der Waals surface area contributed by atoms with Crippen LogP contribution in [0.25, 0.3) is 0 Å². The summed E-state index contributed by atoms with van der Waals surface area (Å²) in [6.07, 6.45) is 22.1. The Balaban J connectivity index is 3.17. The number of benzene rings is 1. The van der Waals surface area contributed by atoms with Crippen molar-refractivity contribution in [3.8, 4) is 0 Å². The summed E-state index contributed by atoms with van der Waals surface area (Å²) >= 11 is 0. The lowest BCUT2D eigenvalue weighted by molar-refractivity contribution is 0.757. The summed E-state index contributed by atoms with van der Waals surface area (Å²) in [6.45, 7) is 20.2. The zero-order chi connectivity index (χ0) is 21.3. The van der Waals surface area contributed by atoms with Crippen LogP contribution in [0.5, 0.6) is 0 Å². The van der Waals surface area contributed by atoms with E-state index in [0.717, 1.165) is 11.1 Å². The molecule has 0 heterocycles. The van der Waals surface area contributed by atoms with E-state index in [1.54, 1.807) is 6.08 Å². The fraction of sp³-hybridized carbons (Fsp3) is 0.103. The zero-order valence-corrected chi connectivity index (χ0v) is 17.6. The molecule has 0 spiro atoms. The minimum Gasteiger partial charge on any atom is -0.0991 e. The topological polar surface area (TPSA) is 0 Å². The largest absolute Gasteiger partial charge is 0.0991 e. The molecule has 0 saturated heterocycles. The minimum atomic E-state index is -0.526. The van der Waals surface area contributed by atoms with E-state index in [2.05, 4.69) is 94.0 Å². The van der Waals surface area contributed by atoms with Crippen LogP contribution in [0.4, 0.5) is 0 Å². The number of rotatable bonds is 8. The summed E-state index contributed by atoms with van der Waals surface area (Å²) in [6, 6.07) is 10.5. The van der Waals surface area contributed by atoms with Gasteiger partial charge in [0.2, 0.25) is 0 Å². The van der Waals surface area contributed by atoms with Crippen molar-refractivity contribution in [3.63, 3.8) is 0 Å². The number of hydrogen-bond acceptors (Lipinski definition) is 0. The molecule has 1 atom stereocenters. The molecule has 0 amide bonds. The van der Waals surface area contributed by atoms with Gasteiger partial charge < -0.3 is 0 Å². The molecule has 0 nitrogen and oxygen atoms in total. The second-order valence-corrected chi connectivity index (χ2v) is 6.62. The third-order valence-electron chi connectivity index (χ3n) is 5.14. The van der Waals surface area contributed by atoms with Crippen molar-refractivity contribution in [1.82, 2.24) is 0 Å². The van der Waals surface area contributed by atoms with Crippen LogP contribution in [-0.2, 0) is 5.41 Å². The van der Waals surface area contributed by atoms with Crippen molar-refractivity contribution in [3.05, 3.63) is 157 Å². The van der Waals surface area contributed by atoms with E-state index in [9.17, 15) is 0 Å². The lowest BCUT2D eigenvalue weighted by Crippen LogP contribution is -2.30. The van der Waals surface area contributed by atoms with Crippen LogP contribution in [0.2, 0.25) is 0 Å². The van der Waals surface area contributed by atoms with Crippen LogP contribution in [-0.4, -0.2) is 0 Å². The van der Waals surface area contributed by atoms with E-state index in [1.807, 2.05) is 37.3 Å². The third kappa shape index (κ3) is 3.79. The molecule has 0 heteroatoms. The van der Waals surface area contributed by atoms with Gasteiger partial charge in [0, 0.05) is 0 Å². The Kier molecular flexibility index (Phi) is 7.74. The first-order valence-electron chi connectivity index (χ1n) is 9.85. The highest BCUT2D eigenvalue weighted by Crippen LogP contribution is 2.57. The van der Waals surface area contributed by atoms with Gasteiger partial charge in [-0.15, -0.1) is 0 Å². The first kappa shape index (κ1) is 21.9. The molecule has 29 heavy (non-hydrogen) atoms. The maximum absolute atomic E-state index is 4.21. The van der Waals surface area contributed by atoms with Gasteiger partial charge in [-0.2, -0.15) is 0 Å². The fourth-order valence-corrected chi connectivity index (χ4v) is 4.17. The molecule has 0 N–H and O–H groups in total. The number of allylic oxidation sites excluding steroid dienone is 16. The molecule has 0 aromatic heterocycles. The predicted octanol–water partition coefficient (Wildman–Crippen LogP) is 7.91. The van der Waals surface area contributed by atoms with Crippen LogP contribution >= 0.6 is 0 Å². The van der Waals surface area contributed by atoms with Gasteiger partial charge in [0.1, 0.15) is 0 Å². The fourth-order valence-electron chi connectivity index (χ4n) is 4.17. The highest BCUT2D eigenvalue weighted by Gasteiger charge is 2.48. The monoisotopic (exact) mass is 378 g/mol. The molecule has 1 aliphatic carbocycles. The van der Waals surface area contributed by atoms with E-state index in [0.29, 0.717) is 0 Å². The highest BCUT2D eigenvalue weighted by molar-refractivity contribution is 5.79. The molecule has 0 radical (unpaired) electrons. The summed E-state index contributed by atoms with van der Waals surface area (Å²) < 4.78 is 0. The summed E-state index contributed by atoms with van der Waals surface area (Å²) in [5, 5.41) is 0. The van der Waals surface area contributed by atoms with E-state index in [-0.39, 0.29) is 0 Å². The van der Waals surface area contributed by atoms with Crippen LogP contribution in [0.15, 0.2) is 151 Å². The van der Waals surface area contributed by atoms with Gasteiger partial charge in [-0.25, -0.2) is 0 Å². The van der Waals surface area contributed by atoms with E-state index in [4.69, 9.17) is 0 Å². The Bertz CT molecular complexity index is 968. The molecule has 1 aromatic rings. The van der Waals surface area contributed by atoms with Gasteiger partial charge in [0.15, 0.2) is 0 Å². The molecule has 146 valence electrons. The maximum Gasteiger partial charge on any atom is 0.0713 e. The summed E-state index contributed by atoms with van der Waals surface area (Å²) in [5.74, 6) is 0. The van der Waals surface area contributed by atoms with Crippen LogP contribution < -0.4 is 0 Å². The molecule has 1 aliphatic rings. The number of hydrogen-bond donors (Lipinski definition) is 0.